The molecule has 2 aliphatic rings. The van der Waals surface area contributed by atoms with Gasteiger partial charge in [-0.15, -0.1) is 0 Å². The van der Waals surface area contributed by atoms with Crippen molar-refractivity contribution in [1.82, 2.24) is 20.0 Å². The largest absolute Gasteiger partial charge is 0.356 e. The van der Waals surface area contributed by atoms with E-state index < -0.39 is 0 Å². The molecule has 3 rings (SSSR count). The summed E-state index contributed by atoms with van der Waals surface area (Å²) in [4.78, 5) is 44.0. The highest BCUT2D eigenvalue weighted by Gasteiger charge is 2.29. The van der Waals surface area contributed by atoms with E-state index in [0.29, 0.717) is 45.8 Å². The molecule has 2 aliphatic heterocycles. The molecule has 34 heavy (non-hydrogen) atoms. The molecule has 0 bridgehead atoms. The third-order valence-electron chi connectivity index (χ3n) is 6.90. The minimum Gasteiger partial charge on any atom is -0.356 e. The first-order valence-electron chi connectivity index (χ1n) is 12.7. The van der Waals surface area contributed by atoms with Gasteiger partial charge in [0.2, 0.25) is 17.7 Å². The fourth-order valence-corrected chi connectivity index (χ4v) is 4.79. The smallest absolute Gasteiger partial charge is 0.238 e. The molecule has 188 valence electrons. The van der Waals surface area contributed by atoms with Crippen LogP contribution in [-0.2, 0) is 14.4 Å². The molecule has 0 radical (unpaired) electrons. The number of aryl methyl sites for hydroxylation is 2. The number of nitrogens with one attached hydrogen (secondary N) is 2. The normalized spacial score (nSPS) is 19.6. The predicted molar refractivity (Wildman–Crippen MR) is 135 cm³/mol. The van der Waals surface area contributed by atoms with Gasteiger partial charge in [-0.05, 0) is 50.8 Å². The number of carbonyl (C=O) groups is 3. The number of hydrogen-bond donors (Lipinski definition) is 2. The zero-order valence-electron chi connectivity index (χ0n) is 21.1. The molecular weight excluding hydrogens is 430 g/mol. The Labute approximate surface area is 204 Å². The van der Waals surface area contributed by atoms with E-state index in [1.54, 1.807) is 0 Å². The zero-order valence-corrected chi connectivity index (χ0v) is 21.1. The lowest BCUT2D eigenvalue weighted by Gasteiger charge is -2.37. The molecule has 2 heterocycles. The van der Waals surface area contributed by atoms with E-state index in [0.717, 1.165) is 55.6 Å². The standard InChI is InChI=1S/C26H41N5O3/c1-4-5-11-27-26(34)22-10-7-12-30(17-22)19-24(33)31-15-13-29(14-16-31)18-23(32)28-25-20(2)8-6-9-21(25)3/h6,8-9,22H,4-5,7,10-19H2,1-3H3,(H,27,34)(H,28,32). The van der Waals surface area contributed by atoms with Crippen LogP contribution in [0.25, 0.3) is 0 Å². The Bertz CT molecular complexity index is 831. The van der Waals surface area contributed by atoms with E-state index in [1.165, 1.54) is 0 Å². The first kappa shape index (κ1) is 26.2. The maximum atomic E-state index is 12.9. The van der Waals surface area contributed by atoms with Gasteiger partial charge in [-0.25, -0.2) is 0 Å². The van der Waals surface area contributed by atoms with Gasteiger partial charge in [-0.1, -0.05) is 31.5 Å². The van der Waals surface area contributed by atoms with Crippen LogP contribution in [-0.4, -0.2) is 91.3 Å². The van der Waals surface area contributed by atoms with Crippen molar-refractivity contribution < 1.29 is 14.4 Å². The predicted octanol–water partition coefficient (Wildman–Crippen LogP) is 2.01. The number of benzene rings is 1. The number of hydrogen-bond acceptors (Lipinski definition) is 5. The van der Waals surface area contributed by atoms with Gasteiger partial charge >= 0.3 is 0 Å². The number of rotatable bonds is 9. The Hall–Kier alpha value is -2.45. The van der Waals surface area contributed by atoms with Crippen molar-refractivity contribution in [1.29, 1.82) is 0 Å². The number of piperidine rings is 1. The number of para-hydroxylation sites is 1. The van der Waals surface area contributed by atoms with Gasteiger partial charge in [-0.3, -0.25) is 24.2 Å². The second kappa shape index (κ2) is 12.9. The molecule has 3 amide bonds. The molecule has 1 aromatic rings. The summed E-state index contributed by atoms with van der Waals surface area (Å²) in [5.74, 6) is 0.199. The van der Waals surface area contributed by atoms with Crippen LogP contribution in [0, 0.1) is 19.8 Å². The number of unbranched alkanes of at least 4 members (excludes halogenated alkanes) is 1. The van der Waals surface area contributed by atoms with Crippen molar-refractivity contribution in [2.75, 3.05) is 64.2 Å². The molecule has 8 nitrogen and oxygen atoms in total. The number of amides is 3. The molecule has 8 heteroatoms. The summed E-state index contributed by atoms with van der Waals surface area (Å²) in [6.07, 6.45) is 3.91. The monoisotopic (exact) mass is 471 g/mol. The van der Waals surface area contributed by atoms with Crippen LogP contribution in [0.3, 0.4) is 0 Å². The quantitative estimate of drug-likeness (QED) is 0.539. The topological polar surface area (TPSA) is 85.0 Å². The third kappa shape index (κ3) is 7.53. The maximum Gasteiger partial charge on any atom is 0.238 e. The van der Waals surface area contributed by atoms with Crippen LogP contribution in [0.4, 0.5) is 5.69 Å². The summed E-state index contributed by atoms with van der Waals surface area (Å²) in [7, 11) is 0. The number of nitrogens with zero attached hydrogens (tertiary/aromatic N) is 3. The van der Waals surface area contributed by atoms with Crippen molar-refractivity contribution in [3.8, 4) is 0 Å². The van der Waals surface area contributed by atoms with Gasteiger partial charge in [0.25, 0.3) is 0 Å². The van der Waals surface area contributed by atoms with Crippen molar-refractivity contribution in [3.63, 3.8) is 0 Å². The lowest BCUT2D eigenvalue weighted by Crippen LogP contribution is -2.53. The SMILES string of the molecule is CCCCNC(=O)C1CCCN(CC(=O)N2CCN(CC(=O)Nc3c(C)cccc3C)CC2)C1. The summed E-state index contributed by atoms with van der Waals surface area (Å²) < 4.78 is 0. The van der Waals surface area contributed by atoms with Crippen molar-refractivity contribution >= 4 is 23.4 Å². The molecule has 0 spiro atoms. The summed E-state index contributed by atoms with van der Waals surface area (Å²) in [5, 5.41) is 6.08. The minimum atomic E-state index is -0.0225. The van der Waals surface area contributed by atoms with E-state index >= 15 is 0 Å². The van der Waals surface area contributed by atoms with Gasteiger partial charge < -0.3 is 15.5 Å². The minimum absolute atomic E-state index is 0.0197. The molecule has 1 atom stereocenters. The van der Waals surface area contributed by atoms with E-state index in [9.17, 15) is 14.4 Å². The Morgan fingerprint density at radius 2 is 1.68 bits per heavy atom. The van der Waals surface area contributed by atoms with Gasteiger partial charge in [-0.2, -0.15) is 0 Å². The third-order valence-corrected chi connectivity index (χ3v) is 6.90. The zero-order chi connectivity index (χ0) is 24.5. The van der Waals surface area contributed by atoms with Crippen LogP contribution in [0.2, 0.25) is 0 Å². The second-order valence-corrected chi connectivity index (χ2v) is 9.69. The lowest BCUT2D eigenvalue weighted by molar-refractivity contribution is -0.136. The number of anilines is 1. The second-order valence-electron chi connectivity index (χ2n) is 9.69. The first-order valence-corrected chi connectivity index (χ1v) is 12.7. The van der Waals surface area contributed by atoms with Gasteiger partial charge in [0, 0.05) is 45.0 Å². The molecule has 1 unspecified atom stereocenters. The van der Waals surface area contributed by atoms with Crippen LogP contribution < -0.4 is 10.6 Å². The number of piperazine rings is 1. The fraction of sp³-hybridized carbons (Fsp3) is 0.654. The molecule has 2 N–H and O–H groups in total. The van der Waals surface area contributed by atoms with Crippen LogP contribution >= 0.6 is 0 Å². The van der Waals surface area contributed by atoms with Crippen molar-refractivity contribution in [2.24, 2.45) is 5.92 Å². The lowest BCUT2D eigenvalue weighted by atomic mass is 9.97. The van der Waals surface area contributed by atoms with Crippen LogP contribution in [0.15, 0.2) is 18.2 Å². The number of likely N-dealkylation sites (tertiary alicyclic amines) is 1. The van der Waals surface area contributed by atoms with Gasteiger partial charge in [0.05, 0.1) is 19.0 Å². The summed E-state index contributed by atoms with van der Waals surface area (Å²) in [6, 6.07) is 5.98. The van der Waals surface area contributed by atoms with Crippen molar-refractivity contribution in [3.05, 3.63) is 29.3 Å². The highest BCUT2D eigenvalue weighted by molar-refractivity contribution is 5.93. The molecule has 0 aliphatic carbocycles. The Morgan fingerprint density at radius 1 is 0.971 bits per heavy atom. The van der Waals surface area contributed by atoms with E-state index in [4.69, 9.17) is 0 Å². The molecule has 2 fully saturated rings. The van der Waals surface area contributed by atoms with E-state index in [1.807, 2.05) is 36.9 Å². The Kier molecular flexibility index (Phi) is 9.89. The first-order chi connectivity index (χ1) is 16.4. The van der Waals surface area contributed by atoms with Gasteiger partial charge in [0.1, 0.15) is 0 Å². The molecular formula is C26H41N5O3. The Morgan fingerprint density at radius 3 is 2.35 bits per heavy atom. The maximum absolute atomic E-state index is 12.9. The summed E-state index contributed by atoms with van der Waals surface area (Å²) in [5.41, 5.74) is 3.00. The molecule has 2 saturated heterocycles. The number of carbonyl (C=O) groups excluding carboxylic acids is 3. The van der Waals surface area contributed by atoms with E-state index in [-0.39, 0.29) is 23.6 Å². The molecule has 0 aromatic heterocycles. The highest BCUT2D eigenvalue weighted by atomic mass is 16.2. The van der Waals surface area contributed by atoms with Crippen LogP contribution in [0.1, 0.15) is 43.7 Å². The summed E-state index contributed by atoms with van der Waals surface area (Å²) in [6.45, 7) is 11.7. The van der Waals surface area contributed by atoms with Crippen LogP contribution in [0.5, 0.6) is 0 Å². The summed E-state index contributed by atoms with van der Waals surface area (Å²) >= 11 is 0. The van der Waals surface area contributed by atoms with Crippen molar-refractivity contribution in [2.45, 2.75) is 46.5 Å². The van der Waals surface area contributed by atoms with E-state index in [2.05, 4.69) is 27.4 Å². The Balaban J connectivity index is 1.39. The average molecular weight is 472 g/mol. The fourth-order valence-electron chi connectivity index (χ4n) is 4.79. The highest BCUT2D eigenvalue weighted by Crippen LogP contribution is 2.20. The van der Waals surface area contributed by atoms with Gasteiger partial charge in [0.15, 0.2) is 0 Å². The molecule has 0 saturated carbocycles. The average Bonchev–Trinajstić information content (AvgIpc) is 2.82. The molecule has 1 aromatic carbocycles.